The molecule has 0 bridgehead atoms. The van der Waals surface area contributed by atoms with E-state index >= 15 is 0 Å². The summed E-state index contributed by atoms with van der Waals surface area (Å²) in [6.07, 6.45) is 1.38. The van der Waals surface area contributed by atoms with Gasteiger partial charge in [0, 0.05) is 13.1 Å². The smallest absolute Gasteiger partial charge is 0.242 e. The van der Waals surface area contributed by atoms with Crippen LogP contribution >= 0.6 is 0 Å². The first-order valence-electron chi connectivity index (χ1n) is 5.59. The van der Waals surface area contributed by atoms with E-state index in [-0.39, 0.29) is 11.9 Å². The molecule has 2 rings (SSSR count). The number of carbonyl (C=O) groups is 1. The third kappa shape index (κ3) is 2.02. The van der Waals surface area contributed by atoms with E-state index in [4.69, 9.17) is 10.6 Å². The molecular weight excluding hydrogens is 236 g/mol. The van der Waals surface area contributed by atoms with Gasteiger partial charge < -0.3 is 20.4 Å². The third-order valence-electron chi connectivity index (χ3n) is 2.90. The minimum Gasteiger partial charge on any atom is -0.490 e. The third-order valence-corrected chi connectivity index (χ3v) is 2.90. The SMILES string of the molecule is COc1c(NN)ncnc1N1CCNC(=O)C1C. The Bertz CT molecular complexity index is 452. The van der Waals surface area contributed by atoms with E-state index in [0.29, 0.717) is 30.5 Å². The number of methoxy groups -OCH3 is 1. The molecular formula is C10H16N6O2. The van der Waals surface area contributed by atoms with E-state index in [0.717, 1.165) is 0 Å². The Morgan fingerprint density at radius 3 is 3.06 bits per heavy atom. The second-order valence-corrected chi connectivity index (χ2v) is 3.88. The van der Waals surface area contributed by atoms with Gasteiger partial charge in [0.25, 0.3) is 0 Å². The number of nitrogens with two attached hydrogens (primary N) is 1. The van der Waals surface area contributed by atoms with E-state index in [1.807, 2.05) is 11.8 Å². The largest absolute Gasteiger partial charge is 0.490 e. The highest BCUT2D eigenvalue weighted by Gasteiger charge is 2.29. The summed E-state index contributed by atoms with van der Waals surface area (Å²) in [4.78, 5) is 21.7. The number of rotatable bonds is 3. The number of piperazine rings is 1. The van der Waals surface area contributed by atoms with Gasteiger partial charge in [-0.2, -0.15) is 0 Å². The van der Waals surface area contributed by atoms with Gasteiger partial charge in [0.2, 0.25) is 11.7 Å². The van der Waals surface area contributed by atoms with Crippen LogP contribution in [0.25, 0.3) is 0 Å². The van der Waals surface area contributed by atoms with Crippen LogP contribution in [0.3, 0.4) is 0 Å². The number of hydrogen-bond donors (Lipinski definition) is 3. The van der Waals surface area contributed by atoms with E-state index in [1.54, 1.807) is 0 Å². The summed E-state index contributed by atoms with van der Waals surface area (Å²) < 4.78 is 5.26. The van der Waals surface area contributed by atoms with Crippen LogP contribution in [0.4, 0.5) is 11.6 Å². The second kappa shape index (κ2) is 5.05. The number of carbonyl (C=O) groups excluding carboxylic acids is 1. The Hall–Kier alpha value is -2.09. The molecule has 1 aromatic heterocycles. The van der Waals surface area contributed by atoms with Gasteiger partial charge in [-0.1, -0.05) is 0 Å². The lowest BCUT2D eigenvalue weighted by Gasteiger charge is -2.34. The Balaban J connectivity index is 2.40. The van der Waals surface area contributed by atoms with Gasteiger partial charge in [-0.3, -0.25) is 4.79 Å². The van der Waals surface area contributed by atoms with Crippen LogP contribution in [-0.4, -0.2) is 42.1 Å². The highest BCUT2D eigenvalue weighted by Crippen LogP contribution is 2.32. The Labute approximate surface area is 104 Å². The number of nitrogens with zero attached hydrogens (tertiary/aromatic N) is 3. The molecule has 8 nitrogen and oxygen atoms in total. The van der Waals surface area contributed by atoms with Crippen molar-refractivity contribution in [1.82, 2.24) is 15.3 Å². The average molecular weight is 252 g/mol. The van der Waals surface area contributed by atoms with Crippen molar-refractivity contribution in [2.24, 2.45) is 5.84 Å². The van der Waals surface area contributed by atoms with E-state index < -0.39 is 0 Å². The van der Waals surface area contributed by atoms with Gasteiger partial charge in [-0.15, -0.1) is 0 Å². The van der Waals surface area contributed by atoms with Crippen LogP contribution in [0.15, 0.2) is 6.33 Å². The van der Waals surface area contributed by atoms with Crippen molar-refractivity contribution >= 4 is 17.5 Å². The van der Waals surface area contributed by atoms with Gasteiger partial charge in [-0.05, 0) is 6.92 Å². The Morgan fingerprint density at radius 2 is 2.39 bits per heavy atom. The molecule has 18 heavy (non-hydrogen) atoms. The summed E-state index contributed by atoms with van der Waals surface area (Å²) in [5.41, 5.74) is 2.45. The number of aromatic nitrogens is 2. The molecule has 2 heterocycles. The van der Waals surface area contributed by atoms with Gasteiger partial charge in [-0.25, -0.2) is 15.8 Å². The first-order valence-corrected chi connectivity index (χ1v) is 5.59. The zero-order chi connectivity index (χ0) is 13.1. The highest BCUT2D eigenvalue weighted by molar-refractivity contribution is 5.86. The van der Waals surface area contributed by atoms with Crippen molar-refractivity contribution in [3.8, 4) is 5.75 Å². The molecule has 8 heteroatoms. The molecule has 0 spiro atoms. The number of hydrogen-bond acceptors (Lipinski definition) is 7. The molecule has 0 aliphatic carbocycles. The lowest BCUT2D eigenvalue weighted by atomic mass is 10.2. The molecule has 1 aliphatic heterocycles. The van der Waals surface area contributed by atoms with Gasteiger partial charge in [0.1, 0.15) is 12.4 Å². The number of nitrogens with one attached hydrogen (secondary N) is 2. The summed E-state index contributed by atoms with van der Waals surface area (Å²) in [5, 5.41) is 2.79. The standard InChI is InChI=1S/C10H16N6O2/c1-6-10(17)12-3-4-16(6)9-7(18-2)8(15-11)13-5-14-9/h5-6H,3-4,11H2,1-2H3,(H,12,17)(H,13,14,15). The maximum absolute atomic E-state index is 11.7. The molecule has 1 amide bonds. The molecule has 4 N–H and O–H groups in total. The molecule has 1 aliphatic rings. The monoisotopic (exact) mass is 252 g/mol. The first kappa shape index (κ1) is 12.4. The van der Waals surface area contributed by atoms with E-state index in [9.17, 15) is 4.79 Å². The zero-order valence-corrected chi connectivity index (χ0v) is 10.3. The minimum absolute atomic E-state index is 0.0378. The maximum atomic E-state index is 11.7. The van der Waals surface area contributed by atoms with Crippen LogP contribution in [0, 0.1) is 0 Å². The molecule has 1 unspecified atom stereocenters. The van der Waals surface area contributed by atoms with Crippen molar-refractivity contribution in [3.05, 3.63) is 6.33 Å². The molecule has 1 atom stereocenters. The molecule has 1 saturated heterocycles. The van der Waals surface area contributed by atoms with Gasteiger partial charge in [0.05, 0.1) is 7.11 Å². The zero-order valence-electron chi connectivity index (χ0n) is 10.3. The summed E-state index contributed by atoms with van der Waals surface area (Å²) in [5.74, 6) is 6.71. The second-order valence-electron chi connectivity index (χ2n) is 3.88. The van der Waals surface area contributed by atoms with Crippen LogP contribution in [0.2, 0.25) is 0 Å². The van der Waals surface area contributed by atoms with Crippen LogP contribution < -0.4 is 26.2 Å². The molecule has 0 radical (unpaired) electrons. The van der Waals surface area contributed by atoms with Gasteiger partial charge in [0.15, 0.2) is 11.6 Å². The Kier molecular flexibility index (Phi) is 3.47. The van der Waals surface area contributed by atoms with E-state index in [2.05, 4.69) is 20.7 Å². The minimum atomic E-state index is -0.312. The predicted molar refractivity (Wildman–Crippen MR) is 66.2 cm³/mol. The van der Waals surface area contributed by atoms with Crippen molar-refractivity contribution in [3.63, 3.8) is 0 Å². The summed E-state index contributed by atoms with van der Waals surface area (Å²) in [6.45, 7) is 3.04. The topological polar surface area (TPSA) is 105 Å². The quantitative estimate of drug-likeness (QED) is 0.472. The fourth-order valence-corrected chi connectivity index (χ4v) is 1.93. The summed E-state index contributed by atoms with van der Waals surface area (Å²) in [7, 11) is 1.51. The summed E-state index contributed by atoms with van der Waals surface area (Å²) in [6, 6.07) is -0.312. The first-order chi connectivity index (χ1) is 8.69. The predicted octanol–water partition coefficient (Wildman–Crippen LogP) is -0.904. The number of hydrazine groups is 1. The average Bonchev–Trinajstić information content (AvgIpc) is 2.41. The highest BCUT2D eigenvalue weighted by atomic mass is 16.5. The molecule has 0 saturated carbocycles. The fourth-order valence-electron chi connectivity index (χ4n) is 1.93. The number of anilines is 2. The lowest BCUT2D eigenvalue weighted by Crippen LogP contribution is -2.54. The summed E-state index contributed by atoms with van der Waals surface area (Å²) >= 11 is 0. The molecule has 98 valence electrons. The van der Waals surface area contributed by atoms with Crippen molar-refractivity contribution < 1.29 is 9.53 Å². The number of ether oxygens (including phenoxy) is 1. The van der Waals surface area contributed by atoms with Crippen molar-refractivity contribution in [1.29, 1.82) is 0 Å². The van der Waals surface area contributed by atoms with E-state index in [1.165, 1.54) is 13.4 Å². The Morgan fingerprint density at radius 1 is 1.61 bits per heavy atom. The molecule has 1 aromatic rings. The molecule has 0 aromatic carbocycles. The van der Waals surface area contributed by atoms with Gasteiger partial charge >= 0.3 is 0 Å². The number of nitrogen functional groups attached to an aromatic ring is 1. The fraction of sp³-hybridized carbons (Fsp3) is 0.500. The maximum Gasteiger partial charge on any atom is 0.242 e. The van der Waals surface area contributed by atoms with Crippen LogP contribution in [-0.2, 0) is 4.79 Å². The van der Waals surface area contributed by atoms with Crippen LogP contribution in [0.5, 0.6) is 5.75 Å². The lowest BCUT2D eigenvalue weighted by molar-refractivity contribution is -0.122. The molecule has 1 fully saturated rings. The normalized spacial score (nSPS) is 19.4. The van der Waals surface area contributed by atoms with Crippen molar-refractivity contribution in [2.45, 2.75) is 13.0 Å². The number of amides is 1. The van der Waals surface area contributed by atoms with Crippen LogP contribution in [0.1, 0.15) is 6.92 Å². The van der Waals surface area contributed by atoms with Crippen molar-refractivity contribution in [2.75, 3.05) is 30.5 Å².